The van der Waals surface area contributed by atoms with Crippen molar-refractivity contribution in [1.29, 1.82) is 0 Å². The van der Waals surface area contributed by atoms with E-state index in [1.54, 1.807) is 4.67 Å². The lowest BCUT2D eigenvalue weighted by atomic mass is 10.4. The Labute approximate surface area is 87.2 Å². The van der Waals surface area contributed by atoms with Gasteiger partial charge in [0.25, 0.3) is 0 Å². The molecule has 0 aromatic carbocycles. The highest BCUT2D eigenvalue weighted by Gasteiger charge is 2.33. The highest BCUT2D eigenvalue weighted by molar-refractivity contribution is 7.51. The van der Waals surface area contributed by atoms with Crippen molar-refractivity contribution in [3.8, 4) is 0 Å². The third kappa shape index (κ3) is 3.70. The van der Waals surface area contributed by atoms with Gasteiger partial charge in [-0.2, -0.15) is 0 Å². The molecule has 86 valence electrons. The van der Waals surface area contributed by atoms with Gasteiger partial charge in [0.1, 0.15) is 0 Å². The van der Waals surface area contributed by atoms with Crippen LogP contribution in [-0.4, -0.2) is 31.0 Å². The van der Waals surface area contributed by atoms with Gasteiger partial charge in [0.15, 0.2) is 0 Å². The maximum Gasteiger partial charge on any atom is 0.408 e. The van der Waals surface area contributed by atoms with E-state index in [4.69, 9.17) is 9.05 Å². The van der Waals surface area contributed by atoms with Crippen molar-refractivity contribution >= 4 is 7.75 Å². The van der Waals surface area contributed by atoms with Crippen LogP contribution in [0.4, 0.5) is 0 Å². The molecule has 1 unspecified atom stereocenters. The zero-order valence-electron chi connectivity index (χ0n) is 9.82. The van der Waals surface area contributed by atoms with Gasteiger partial charge in [0, 0.05) is 19.7 Å². The lowest BCUT2D eigenvalue weighted by molar-refractivity contribution is 0.171. The highest BCUT2D eigenvalue weighted by Crippen LogP contribution is 2.52. The molecule has 0 aromatic heterocycles. The molecule has 0 rings (SSSR count). The Morgan fingerprint density at radius 2 is 1.93 bits per heavy atom. The van der Waals surface area contributed by atoms with Crippen LogP contribution in [-0.2, 0) is 13.6 Å². The summed E-state index contributed by atoms with van der Waals surface area (Å²) < 4.78 is 24.2. The molecule has 0 aliphatic heterocycles. The molecule has 1 atom stereocenters. The Hall–Kier alpha value is 0.110. The predicted molar refractivity (Wildman–Crippen MR) is 58.4 cm³/mol. The number of nitrogens with zero attached hydrogens (tertiary/aromatic N) is 1. The fraction of sp³-hybridized carbons (Fsp3) is 1.00. The van der Waals surface area contributed by atoms with E-state index in [0.29, 0.717) is 6.61 Å². The van der Waals surface area contributed by atoms with E-state index in [-0.39, 0.29) is 6.04 Å². The predicted octanol–water partition coefficient (Wildman–Crippen LogP) is 2.90. The zero-order chi connectivity index (χ0) is 11.2. The zero-order valence-corrected chi connectivity index (χ0v) is 10.7. The second kappa shape index (κ2) is 6.57. The van der Waals surface area contributed by atoms with Crippen molar-refractivity contribution < 1.29 is 13.6 Å². The largest absolute Gasteiger partial charge is 0.408 e. The second-order valence-corrected chi connectivity index (χ2v) is 5.40. The van der Waals surface area contributed by atoms with Gasteiger partial charge in [-0.05, 0) is 27.2 Å². The maximum atomic E-state index is 12.2. The van der Waals surface area contributed by atoms with Crippen LogP contribution in [0, 0.1) is 0 Å². The molecule has 0 amide bonds. The van der Waals surface area contributed by atoms with Crippen LogP contribution < -0.4 is 0 Å². The first-order valence-corrected chi connectivity index (χ1v) is 6.58. The van der Waals surface area contributed by atoms with E-state index < -0.39 is 7.75 Å². The summed E-state index contributed by atoms with van der Waals surface area (Å²) in [5.41, 5.74) is 0. The smallest absolute Gasteiger partial charge is 0.300 e. The van der Waals surface area contributed by atoms with Gasteiger partial charge in [-0.3, -0.25) is 9.05 Å². The molecule has 0 spiro atoms. The molecule has 0 N–H and O–H groups in total. The summed E-state index contributed by atoms with van der Waals surface area (Å²) in [6, 6.07) is 0.160. The standard InChI is InChI=1S/C9H22NO3P/c1-6-8-10(9(3)4)14(11,12-5)13-7-2/h9H,6-8H2,1-5H3. The molecule has 0 saturated heterocycles. The van der Waals surface area contributed by atoms with E-state index in [1.807, 2.05) is 27.7 Å². The van der Waals surface area contributed by atoms with E-state index in [0.717, 1.165) is 13.0 Å². The topological polar surface area (TPSA) is 38.8 Å². The van der Waals surface area contributed by atoms with Crippen LogP contribution in [0.2, 0.25) is 0 Å². The van der Waals surface area contributed by atoms with E-state index >= 15 is 0 Å². The van der Waals surface area contributed by atoms with Gasteiger partial charge in [-0.15, -0.1) is 0 Å². The average molecular weight is 223 g/mol. The van der Waals surface area contributed by atoms with Crippen molar-refractivity contribution in [3.05, 3.63) is 0 Å². The van der Waals surface area contributed by atoms with Crippen molar-refractivity contribution in [2.24, 2.45) is 0 Å². The third-order valence-corrected chi connectivity index (χ3v) is 4.22. The molecule has 4 nitrogen and oxygen atoms in total. The summed E-state index contributed by atoms with van der Waals surface area (Å²) in [5.74, 6) is 0. The van der Waals surface area contributed by atoms with Crippen LogP contribution >= 0.6 is 7.75 Å². The number of hydrogen-bond acceptors (Lipinski definition) is 3. The Bertz CT molecular complexity index is 196. The molecule has 0 radical (unpaired) electrons. The normalized spacial score (nSPS) is 16.2. The molecular weight excluding hydrogens is 201 g/mol. The summed E-state index contributed by atoms with van der Waals surface area (Å²) in [5, 5.41) is 0. The van der Waals surface area contributed by atoms with Gasteiger partial charge in [0.05, 0.1) is 6.61 Å². The van der Waals surface area contributed by atoms with Crippen LogP contribution in [0.25, 0.3) is 0 Å². The summed E-state index contributed by atoms with van der Waals surface area (Å²) in [6.07, 6.45) is 0.929. The summed E-state index contributed by atoms with van der Waals surface area (Å²) in [6.45, 7) is 8.96. The minimum absolute atomic E-state index is 0.160. The Morgan fingerprint density at radius 1 is 1.36 bits per heavy atom. The molecule has 5 heteroatoms. The minimum atomic E-state index is -3.05. The molecule has 0 fully saturated rings. The fourth-order valence-electron chi connectivity index (χ4n) is 1.29. The Balaban J connectivity index is 4.64. The van der Waals surface area contributed by atoms with Gasteiger partial charge in [-0.1, -0.05) is 6.92 Å². The van der Waals surface area contributed by atoms with Crippen molar-refractivity contribution in [2.75, 3.05) is 20.3 Å². The average Bonchev–Trinajstić information content (AvgIpc) is 2.14. The molecule has 0 saturated carbocycles. The van der Waals surface area contributed by atoms with Crippen molar-refractivity contribution in [2.45, 2.75) is 40.2 Å². The third-order valence-electron chi connectivity index (χ3n) is 1.89. The second-order valence-electron chi connectivity index (χ2n) is 3.33. The number of rotatable bonds is 7. The quantitative estimate of drug-likeness (QED) is 0.622. The first-order valence-electron chi connectivity index (χ1n) is 5.09. The van der Waals surface area contributed by atoms with Crippen LogP contribution in [0.5, 0.6) is 0 Å². The van der Waals surface area contributed by atoms with Gasteiger partial charge >= 0.3 is 7.75 Å². The molecule has 0 heterocycles. The van der Waals surface area contributed by atoms with E-state index in [1.165, 1.54) is 7.11 Å². The van der Waals surface area contributed by atoms with Gasteiger partial charge < -0.3 is 0 Å². The van der Waals surface area contributed by atoms with Crippen LogP contribution in [0.3, 0.4) is 0 Å². The minimum Gasteiger partial charge on any atom is -0.300 e. The van der Waals surface area contributed by atoms with Crippen molar-refractivity contribution in [1.82, 2.24) is 4.67 Å². The molecular formula is C9H22NO3P. The van der Waals surface area contributed by atoms with Crippen molar-refractivity contribution in [3.63, 3.8) is 0 Å². The van der Waals surface area contributed by atoms with E-state index in [9.17, 15) is 4.57 Å². The summed E-state index contributed by atoms with van der Waals surface area (Å²) in [7, 11) is -1.62. The SMILES string of the molecule is CCCN(C(C)C)P(=O)(OC)OCC. The summed E-state index contributed by atoms with van der Waals surface area (Å²) >= 11 is 0. The molecule has 14 heavy (non-hydrogen) atoms. The Morgan fingerprint density at radius 3 is 2.21 bits per heavy atom. The summed E-state index contributed by atoms with van der Waals surface area (Å²) in [4.78, 5) is 0. The Kier molecular flexibility index (Phi) is 6.62. The molecule has 0 aromatic rings. The molecule has 0 aliphatic rings. The maximum absolute atomic E-state index is 12.2. The van der Waals surface area contributed by atoms with E-state index in [2.05, 4.69) is 0 Å². The number of hydrogen-bond donors (Lipinski definition) is 0. The fourth-order valence-corrected chi connectivity index (χ4v) is 3.09. The first kappa shape index (κ1) is 14.1. The lowest BCUT2D eigenvalue weighted by Crippen LogP contribution is -2.30. The molecule has 0 bridgehead atoms. The monoisotopic (exact) mass is 223 g/mol. The molecule has 0 aliphatic carbocycles. The van der Waals surface area contributed by atoms with Gasteiger partial charge in [-0.25, -0.2) is 9.24 Å². The van der Waals surface area contributed by atoms with Crippen LogP contribution in [0.15, 0.2) is 0 Å². The highest BCUT2D eigenvalue weighted by atomic mass is 31.2. The van der Waals surface area contributed by atoms with Gasteiger partial charge in [0.2, 0.25) is 0 Å². The van der Waals surface area contributed by atoms with Crippen LogP contribution in [0.1, 0.15) is 34.1 Å². The first-order chi connectivity index (χ1) is 6.51. The lowest BCUT2D eigenvalue weighted by Gasteiger charge is -2.31.